The maximum absolute atomic E-state index is 13.6. The maximum Gasteiger partial charge on any atom is 0.236 e. The van der Waals surface area contributed by atoms with Crippen LogP contribution in [0.15, 0.2) is 12.3 Å². The number of aromatic nitrogens is 1. The minimum Gasteiger partial charge on any atom is -0.294 e. The van der Waals surface area contributed by atoms with Gasteiger partial charge in [0.05, 0.1) is 11.9 Å². The molecule has 6 heteroatoms. The normalized spacial score (nSPS) is 23.7. The minimum atomic E-state index is -0.674. The summed E-state index contributed by atoms with van der Waals surface area (Å²) in [7, 11) is 0. The first-order valence-corrected chi connectivity index (χ1v) is 5.93. The number of nitrogens with zero attached hydrogens (tertiary/aromatic N) is 1. The number of carbonyl (C=O) groups excluding carboxylic acids is 1. The van der Waals surface area contributed by atoms with Crippen LogP contribution in [0.2, 0.25) is 0 Å². The fraction of sp³-hybridized carbons (Fsp3) is 0.500. The highest BCUT2D eigenvalue weighted by Gasteiger charge is 2.28. The van der Waals surface area contributed by atoms with E-state index in [0.29, 0.717) is 31.4 Å². The standard InChI is InChI=1S/C12H15F2N3O/c13-9-5-10(14)11(16-6-9)7-1-3-8(4-2-7)12(18)17-15/h5-8H,1-4,15H2,(H,17,18). The van der Waals surface area contributed by atoms with E-state index < -0.39 is 11.6 Å². The largest absolute Gasteiger partial charge is 0.294 e. The summed E-state index contributed by atoms with van der Waals surface area (Å²) in [6, 6.07) is 0.848. The number of nitrogens with one attached hydrogen (secondary N) is 1. The predicted octanol–water partition coefficient (Wildman–Crippen LogP) is 1.62. The Balaban J connectivity index is 2.03. The number of amides is 1. The van der Waals surface area contributed by atoms with Crippen molar-refractivity contribution in [2.75, 3.05) is 0 Å². The lowest BCUT2D eigenvalue weighted by atomic mass is 9.80. The number of carbonyl (C=O) groups is 1. The van der Waals surface area contributed by atoms with E-state index in [4.69, 9.17) is 5.84 Å². The summed E-state index contributed by atoms with van der Waals surface area (Å²) in [4.78, 5) is 15.2. The van der Waals surface area contributed by atoms with Gasteiger partial charge in [-0.1, -0.05) is 0 Å². The monoisotopic (exact) mass is 255 g/mol. The van der Waals surface area contributed by atoms with Gasteiger partial charge in [-0.25, -0.2) is 14.6 Å². The van der Waals surface area contributed by atoms with Crippen molar-refractivity contribution in [2.24, 2.45) is 11.8 Å². The third-order valence-corrected chi connectivity index (χ3v) is 3.46. The molecule has 3 N–H and O–H groups in total. The topological polar surface area (TPSA) is 68.0 Å². The molecular weight excluding hydrogens is 240 g/mol. The Morgan fingerprint density at radius 3 is 2.56 bits per heavy atom. The van der Waals surface area contributed by atoms with Crippen molar-refractivity contribution in [2.45, 2.75) is 31.6 Å². The fourth-order valence-electron chi connectivity index (χ4n) is 2.47. The molecule has 0 aromatic carbocycles. The summed E-state index contributed by atoms with van der Waals surface area (Å²) in [5, 5.41) is 0. The van der Waals surface area contributed by atoms with E-state index in [2.05, 4.69) is 10.4 Å². The van der Waals surface area contributed by atoms with E-state index in [0.717, 1.165) is 12.3 Å². The van der Waals surface area contributed by atoms with E-state index in [9.17, 15) is 13.6 Å². The molecule has 1 fully saturated rings. The van der Waals surface area contributed by atoms with Crippen molar-refractivity contribution in [1.82, 2.24) is 10.4 Å². The molecule has 1 heterocycles. The van der Waals surface area contributed by atoms with Gasteiger partial charge in [-0.15, -0.1) is 0 Å². The minimum absolute atomic E-state index is 0.0487. The van der Waals surface area contributed by atoms with Crippen LogP contribution >= 0.6 is 0 Å². The van der Waals surface area contributed by atoms with Gasteiger partial charge in [0.2, 0.25) is 5.91 Å². The number of pyridine rings is 1. The number of hydrogen-bond acceptors (Lipinski definition) is 3. The van der Waals surface area contributed by atoms with Crippen molar-refractivity contribution in [3.8, 4) is 0 Å². The molecule has 98 valence electrons. The van der Waals surface area contributed by atoms with Crippen LogP contribution in [0.25, 0.3) is 0 Å². The van der Waals surface area contributed by atoms with Crippen molar-refractivity contribution in [3.63, 3.8) is 0 Å². The lowest BCUT2D eigenvalue weighted by Gasteiger charge is -2.27. The van der Waals surface area contributed by atoms with Gasteiger partial charge in [-0.3, -0.25) is 15.2 Å². The van der Waals surface area contributed by atoms with E-state index in [-0.39, 0.29) is 17.7 Å². The smallest absolute Gasteiger partial charge is 0.236 e. The highest BCUT2D eigenvalue weighted by atomic mass is 19.1. The quantitative estimate of drug-likeness (QED) is 0.479. The summed E-state index contributed by atoms with van der Waals surface area (Å²) < 4.78 is 26.3. The Labute approximate surface area is 104 Å². The van der Waals surface area contributed by atoms with Crippen LogP contribution in [0, 0.1) is 17.6 Å². The van der Waals surface area contributed by atoms with Crippen LogP contribution < -0.4 is 11.3 Å². The number of rotatable bonds is 2. The molecule has 0 atom stereocenters. The van der Waals surface area contributed by atoms with Gasteiger partial charge in [-0.05, 0) is 25.7 Å². The first kappa shape index (κ1) is 12.9. The summed E-state index contributed by atoms with van der Waals surface area (Å²) in [6.07, 6.45) is 3.64. The van der Waals surface area contributed by atoms with Gasteiger partial charge in [0.15, 0.2) is 0 Å². The van der Waals surface area contributed by atoms with Crippen LogP contribution in [0.1, 0.15) is 37.3 Å². The van der Waals surface area contributed by atoms with Crippen LogP contribution in [0.3, 0.4) is 0 Å². The second-order valence-corrected chi connectivity index (χ2v) is 4.58. The second-order valence-electron chi connectivity index (χ2n) is 4.58. The third-order valence-electron chi connectivity index (χ3n) is 3.46. The third kappa shape index (κ3) is 2.64. The van der Waals surface area contributed by atoms with E-state index in [1.165, 1.54) is 0 Å². The molecule has 1 aromatic rings. The summed E-state index contributed by atoms with van der Waals surface area (Å²) >= 11 is 0. The van der Waals surface area contributed by atoms with Gasteiger partial charge in [-0.2, -0.15) is 0 Å². The molecular formula is C12H15F2N3O. The van der Waals surface area contributed by atoms with Gasteiger partial charge in [0.25, 0.3) is 0 Å². The lowest BCUT2D eigenvalue weighted by molar-refractivity contribution is -0.126. The summed E-state index contributed by atoms with van der Waals surface area (Å²) in [5.41, 5.74) is 2.42. The molecule has 0 radical (unpaired) electrons. The number of hydrogen-bond donors (Lipinski definition) is 2. The first-order chi connectivity index (χ1) is 8.61. The Bertz CT molecular complexity index is 445. The van der Waals surface area contributed by atoms with Crippen molar-refractivity contribution in [1.29, 1.82) is 0 Å². The molecule has 1 amide bonds. The maximum atomic E-state index is 13.6. The van der Waals surface area contributed by atoms with Crippen LogP contribution in [-0.4, -0.2) is 10.9 Å². The van der Waals surface area contributed by atoms with E-state index in [1.807, 2.05) is 0 Å². The Hall–Kier alpha value is -1.56. The van der Waals surface area contributed by atoms with Gasteiger partial charge >= 0.3 is 0 Å². The Kier molecular flexibility index (Phi) is 3.86. The molecule has 1 aliphatic carbocycles. The van der Waals surface area contributed by atoms with Gasteiger partial charge < -0.3 is 0 Å². The molecule has 0 saturated heterocycles. The van der Waals surface area contributed by atoms with Crippen LogP contribution in [0.4, 0.5) is 8.78 Å². The van der Waals surface area contributed by atoms with Crippen LogP contribution in [0.5, 0.6) is 0 Å². The molecule has 0 bridgehead atoms. The molecule has 1 saturated carbocycles. The zero-order valence-corrected chi connectivity index (χ0v) is 9.83. The molecule has 2 rings (SSSR count). The van der Waals surface area contributed by atoms with Crippen LogP contribution in [-0.2, 0) is 4.79 Å². The molecule has 1 aromatic heterocycles. The molecule has 18 heavy (non-hydrogen) atoms. The van der Waals surface area contributed by atoms with Crippen molar-refractivity contribution < 1.29 is 13.6 Å². The summed E-state index contributed by atoms with van der Waals surface area (Å²) in [6.45, 7) is 0. The predicted molar refractivity (Wildman–Crippen MR) is 61.2 cm³/mol. The van der Waals surface area contributed by atoms with E-state index in [1.54, 1.807) is 0 Å². The number of hydrazine groups is 1. The van der Waals surface area contributed by atoms with Gasteiger partial charge in [0.1, 0.15) is 11.6 Å². The number of nitrogens with two attached hydrogens (primary N) is 1. The molecule has 1 aliphatic rings. The first-order valence-electron chi connectivity index (χ1n) is 5.93. The summed E-state index contributed by atoms with van der Waals surface area (Å²) in [5.74, 6) is 3.45. The molecule has 4 nitrogen and oxygen atoms in total. The van der Waals surface area contributed by atoms with Crippen molar-refractivity contribution in [3.05, 3.63) is 29.6 Å². The van der Waals surface area contributed by atoms with Gasteiger partial charge in [0, 0.05) is 17.9 Å². The SMILES string of the molecule is NNC(=O)C1CCC(c2ncc(F)cc2F)CC1. The highest BCUT2D eigenvalue weighted by molar-refractivity contribution is 5.78. The Morgan fingerprint density at radius 1 is 1.33 bits per heavy atom. The average molecular weight is 255 g/mol. The zero-order chi connectivity index (χ0) is 13.1. The second kappa shape index (κ2) is 5.39. The average Bonchev–Trinajstić information content (AvgIpc) is 2.38. The molecule has 0 spiro atoms. The van der Waals surface area contributed by atoms with Crippen molar-refractivity contribution >= 4 is 5.91 Å². The lowest BCUT2D eigenvalue weighted by Crippen LogP contribution is -2.37. The number of halogens is 2. The molecule has 0 aliphatic heterocycles. The van der Waals surface area contributed by atoms with E-state index >= 15 is 0 Å². The molecule has 0 unspecified atom stereocenters. The Morgan fingerprint density at radius 2 is 2.00 bits per heavy atom. The zero-order valence-electron chi connectivity index (χ0n) is 9.83. The fourth-order valence-corrected chi connectivity index (χ4v) is 2.47. The highest BCUT2D eigenvalue weighted by Crippen LogP contribution is 2.35.